The van der Waals surface area contributed by atoms with Gasteiger partial charge in [-0.2, -0.15) is 0 Å². The molecule has 3 heterocycles. The van der Waals surface area contributed by atoms with Gasteiger partial charge in [-0.1, -0.05) is 65.8 Å². The Morgan fingerprint density at radius 3 is 2.57 bits per heavy atom. The minimum atomic E-state index is 0.0425. The number of benzene rings is 3. The SMILES string of the molecule is CC(C)CC1Sc2ccc3sc4c(-c5cc(C(C)(C)C)c6ccccc6c5)ncnc4c3c2C1C. The molecule has 1 aliphatic heterocycles. The van der Waals surface area contributed by atoms with Crippen molar-refractivity contribution in [3.8, 4) is 11.3 Å². The maximum Gasteiger partial charge on any atom is 0.116 e. The van der Waals surface area contributed by atoms with Gasteiger partial charge in [-0.3, -0.25) is 0 Å². The first-order valence-electron chi connectivity index (χ1n) is 12.6. The molecule has 0 bridgehead atoms. The number of thioether (sulfide) groups is 1. The van der Waals surface area contributed by atoms with Crippen molar-refractivity contribution in [3.05, 3.63) is 66.0 Å². The fraction of sp³-hybridized carbons (Fsp3) is 0.355. The molecule has 1 aliphatic rings. The Bertz CT molecular complexity index is 1590. The van der Waals surface area contributed by atoms with E-state index in [1.165, 1.54) is 53.6 Å². The largest absolute Gasteiger partial charge is 0.235 e. The summed E-state index contributed by atoms with van der Waals surface area (Å²) in [4.78, 5) is 11.2. The summed E-state index contributed by atoms with van der Waals surface area (Å²) in [5.74, 6) is 1.24. The van der Waals surface area contributed by atoms with Crippen molar-refractivity contribution in [2.24, 2.45) is 5.92 Å². The van der Waals surface area contributed by atoms with Gasteiger partial charge in [0.1, 0.15) is 6.33 Å². The van der Waals surface area contributed by atoms with Crippen LogP contribution in [-0.2, 0) is 5.41 Å². The zero-order valence-corrected chi connectivity index (χ0v) is 23.0. The van der Waals surface area contributed by atoms with Crippen molar-refractivity contribution in [2.75, 3.05) is 0 Å². The smallest absolute Gasteiger partial charge is 0.116 e. The summed E-state index contributed by atoms with van der Waals surface area (Å²) in [6.07, 6.45) is 3.02. The van der Waals surface area contributed by atoms with E-state index in [0.717, 1.165) is 11.2 Å². The Balaban J connectivity index is 1.59. The molecule has 5 aromatic rings. The maximum absolute atomic E-state index is 4.88. The molecule has 0 fully saturated rings. The highest BCUT2D eigenvalue weighted by Crippen LogP contribution is 2.53. The van der Waals surface area contributed by atoms with Crippen LogP contribution in [0.5, 0.6) is 0 Å². The van der Waals surface area contributed by atoms with Crippen LogP contribution in [0.3, 0.4) is 0 Å². The van der Waals surface area contributed by atoms with Gasteiger partial charge in [0.2, 0.25) is 0 Å². The number of rotatable bonds is 3. The Labute approximate surface area is 216 Å². The average Bonchev–Trinajstić information content (AvgIpc) is 3.34. The van der Waals surface area contributed by atoms with E-state index in [0.29, 0.717) is 17.1 Å². The third kappa shape index (κ3) is 3.77. The van der Waals surface area contributed by atoms with Gasteiger partial charge < -0.3 is 0 Å². The highest BCUT2D eigenvalue weighted by Gasteiger charge is 2.33. The van der Waals surface area contributed by atoms with Gasteiger partial charge in [0, 0.05) is 25.8 Å². The van der Waals surface area contributed by atoms with E-state index in [4.69, 9.17) is 9.97 Å². The molecule has 0 spiro atoms. The van der Waals surface area contributed by atoms with E-state index in [2.05, 4.69) is 102 Å². The van der Waals surface area contributed by atoms with Crippen LogP contribution in [0.25, 0.3) is 42.3 Å². The Morgan fingerprint density at radius 2 is 1.80 bits per heavy atom. The second kappa shape index (κ2) is 8.31. The number of nitrogens with zero attached hydrogens (tertiary/aromatic N) is 2. The standard InChI is InChI=1S/C31H32N2S2/c1-17(2)13-25-18(3)26-23(34-25)11-12-24-27(26)29-30(35-24)28(32-16-33-29)20-14-19-9-7-8-10-21(19)22(15-20)31(4,5)6/h7-12,14-18,25H,13H2,1-6H3. The van der Waals surface area contributed by atoms with Gasteiger partial charge in [-0.15, -0.1) is 23.1 Å². The van der Waals surface area contributed by atoms with E-state index in [1.807, 2.05) is 11.3 Å². The summed E-state index contributed by atoms with van der Waals surface area (Å²) in [6.45, 7) is 14.0. The van der Waals surface area contributed by atoms with Crippen LogP contribution < -0.4 is 0 Å². The van der Waals surface area contributed by atoms with Crippen LogP contribution in [0.15, 0.2) is 59.8 Å². The third-order valence-corrected chi connectivity index (χ3v) is 10.0. The summed E-state index contributed by atoms with van der Waals surface area (Å²) in [5.41, 5.74) is 6.27. The van der Waals surface area contributed by atoms with E-state index in [1.54, 1.807) is 6.33 Å². The summed E-state index contributed by atoms with van der Waals surface area (Å²) < 4.78 is 2.53. The summed E-state index contributed by atoms with van der Waals surface area (Å²) in [7, 11) is 0. The lowest BCUT2D eigenvalue weighted by Gasteiger charge is -2.22. The lowest BCUT2D eigenvalue weighted by atomic mass is 9.82. The van der Waals surface area contributed by atoms with Crippen molar-refractivity contribution >= 4 is 54.2 Å². The topological polar surface area (TPSA) is 25.8 Å². The van der Waals surface area contributed by atoms with Crippen LogP contribution in [-0.4, -0.2) is 15.2 Å². The number of hydrogen-bond acceptors (Lipinski definition) is 4. The molecule has 4 heteroatoms. The average molecular weight is 497 g/mol. The van der Waals surface area contributed by atoms with Gasteiger partial charge in [-0.25, -0.2) is 9.97 Å². The van der Waals surface area contributed by atoms with Gasteiger partial charge in [0.15, 0.2) is 0 Å². The second-order valence-electron chi connectivity index (χ2n) is 11.4. The van der Waals surface area contributed by atoms with Crippen LogP contribution in [0, 0.1) is 5.92 Å². The van der Waals surface area contributed by atoms with Gasteiger partial charge in [0.25, 0.3) is 0 Å². The zero-order chi connectivity index (χ0) is 24.5. The normalized spacial score (nSPS) is 18.3. The molecule has 2 unspecified atom stereocenters. The maximum atomic E-state index is 4.88. The van der Waals surface area contributed by atoms with Crippen molar-refractivity contribution in [1.29, 1.82) is 0 Å². The molecule has 2 nitrogen and oxygen atoms in total. The van der Waals surface area contributed by atoms with Gasteiger partial charge >= 0.3 is 0 Å². The zero-order valence-electron chi connectivity index (χ0n) is 21.3. The van der Waals surface area contributed by atoms with Crippen LogP contribution in [0.1, 0.15) is 65.0 Å². The van der Waals surface area contributed by atoms with E-state index in [9.17, 15) is 0 Å². The fourth-order valence-electron chi connectivity index (χ4n) is 5.66. The summed E-state index contributed by atoms with van der Waals surface area (Å²) in [6, 6.07) is 18.0. The number of hydrogen-bond donors (Lipinski definition) is 0. The molecule has 6 rings (SSSR count). The molecule has 0 radical (unpaired) electrons. The van der Waals surface area contributed by atoms with Gasteiger partial charge in [-0.05, 0) is 69.8 Å². The second-order valence-corrected chi connectivity index (χ2v) is 13.8. The van der Waals surface area contributed by atoms with Crippen molar-refractivity contribution in [1.82, 2.24) is 9.97 Å². The Hall–Kier alpha value is -2.43. The summed E-state index contributed by atoms with van der Waals surface area (Å²) >= 11 is 3.92. The van der Waals surface area contributed by atoms with E-state index < -0.39 is 0 Å². The van der Waals surface area contributed by atoms with Crippen molar-refractivity contribution < 1.29 is 0 Å². The first-order valence-corrected chi connectivity index (χ1v) is 14.3. The molecular formula is C31H32N2S2. The lowest BCUT2D eigenvalue weighted by Crippen LogP contribution is -2.12. The first kappa shape index (κ1) is 23.0. The third-order valence-electron chi connectivity index (χ3n) is 7.36. The van der Waals surface area contributed by atoms with Crippen LogP contribution >= 0.6 is 23.1 Å². The number of fused-ring (bicyclic) bond motifs is 6. The predicted molar refractivity (Wildman–Crippen MR) is 154 cm³/mol. The minimum Gasteiger partial charge on any atom is -0.235 e. The lowest BCUT2D eigenvalue weighted by molar-refractivity contribution is 0.536. The van der Waals surface area contributed by atoms with Crippen LogP contribution in [0.4, 0.5) is 0 Å². The predicted octanol–water partition coefficient (Wildman–Crippen LogP) is 9.59. The Morgan fingerprint density at radius 1 is 1.00 bits per heavy atom. The number of thiophene rings is 1. The molecule has 2 atom stereocenters. The molecular weight excluding hydrogens is 464 g/mol. The summed E-state index contributed by atoms with van der Waals surface area (Å²) in [5, 5.41) is 4.59. The molecule has 2 aromatic heterocycles. The molecule has 0 N–H and O–H groups in total. The molecule has 178 valence electrons. The van der Waals surface area contributed by atoms with E-state index >= 15 is 0 Å². The molecule has 0 saturated heterocycles. The van der Waals surface area contributed by atoms with Crippen LogP contribution in [0.2, 0.25) is 0 Å². The highest BCUT2D eigenvalue weighted by atomic mass is 32.2. The molecule has 0 saturated carbocycles. The quantitative estimate of drug-likeness (QED) is 0.249. The number of aromatic nitrogens is 2. The highest BCUT2D eigenvalue weighted by molar-refractivity contribution is 8.00. The van der Waals surface area contributed by atoms with Crippen molar-refractivity contribution in [3.63, 3.8) is 0 Å². The first-order chi connectivity index (χ1) is 16.7. The molecule has 0 aliphatic carbocycles. The van der Waals surface area contributed by atoms with Gasteiger partial charge in [0.05, 0.1) is 15.9 Å². The Kier molecular flexibility index (Phi) is 5.46. The monoisotopic (exact) mass is 496 g/mol. The molecule has 35 heavy (non-hydrogen) atoms. The minimum absolute atomic E-state index is 0.0425. The fourth-order valence-corrected chi connectivity index (χ4v) is 8.56. The molecule has 3 aromatic carbocycles. The van der Waals surface area contributed by atoms with E-state index in [-0.39, 0.29) is 5.41 Å². The molecule has 0 amide bonds. The van der Waals surface area contributed by atoms with Crippen molar-refractivity contribution in [2.45, 2.75) is 69.4 Å².